The number of hydrogen-bond donors (Lipinski definition) is 0. The maximum Gasteiger partial charge on any atom is 0.306 e. The third-order valence-corrected chi connectivity index (χ3v) is 14.2. The normalized spacial score (nSPS) is 12.9. The summed E-state index contributed by atoms with van der Waals surface area (Å²) in [5.41, 5.74) is 0. The molecule has 0 aliphatic rings. The zero-order chi connectivity index (χ0) is 57.8. The van der Waals surface area contributed by atoms with Crippen LogP contribution in [0.2, 0.25) is 0 Å². The first-order valence-electron chi connectivity index (χ1n) is 33.5. The zero-order valence-corrected chi connectivity index (χ0v) is 52.3. The summed E-state index contributed by atoms with van der Waals surface area (Å²) in [6, 6.07) is 0. The lowest BCUT2D eigenvalue weighted by atomic mass is 10.0. The van der Waals surface area contributed by atoms with Gasteiger partial charge in [0, 0.05) is 19.3 Å². The standard InChI is InChI=1S/C74H124O6/c1-4-7-10-13-16-19-22-25-28-30-32-34-35-36-37-38-39-40-42-43-46-49-52-55-58-61-64-67-73(76)79-70-71(69-78-72(75)66-63-60-57-54-51-48-45-27-24-21-18-15-12-9-6-3)80-74(77)68-65-62-59-56-53-50-47-44-41-33-31-29-26-23-20-17-14-11-8-5-2/h7,10,16,18-19,21,25,27-28,32,34,36-37,39-40,43,45-46,52,55,71H,4-6,8-9,11-15,17,20,22-24,26,29-31,33,35,38,41-42,44,47-51,53-54,56-70H2,1-3H3/b10-7-,19-16-,21-18-,28-25-,34-32-,37-36-,40-39-,45-27-,46-43-,55-52-. The minimum atomic E-state index is -0.805. The Morgan fingerprint density at radius 2 is 0.487 bits per heavy atom. The van der Waals surface area contributed by atoms with Crippen molar-refractivity contribution in [1.82, 2.24) is 0 Å². The molecule has 0 spiro atoms. The second-order valence-corrected chi connectivity index (χ2v) is 22.0. The number of ether oxygens (including phenoxy) is 3. The Kier molecular flexibility index (Phi) is 63.8. The maximum atomic E-state index is 12.9. The molecule has 6 heteroatoms. The van der Waals surface area contributed by atoms with Crippen LogP contribution in [-0.2, 0) is 28.6 Å². The van der Waals surface area contributed by atoms with Crippen molar-refractivity contribution >= 4 is 17.9 Å². The molecule has 0 aromatic carbocycles. The third kappa shape index (κ3) is 64.6. The Bertz CT molecular complexity index is 1650. The van der Waals surface area contributed by atoms with Gasteiger partial charge in [-0.15, -0.1) is 0 Å². The fourth-order valence-corrected chi connectivity index (χ4v) is 9.20. The molecule has 80 heavy (non-hydrogen) atoms. The molecule has 0 rings (SSSR count). The van der Waals surface area contributed by atoms with E-state index in [1.165, 1.54) is 135 Å². The first-order valence-corrected chi connectivity index (χ1v) is 33.5. The smallest absolute Gasteiger partial charge is 0.306 e. The van der Waals surface area contributed by atoms with E-state index in [1.807, 2.05) is 0 Å². The van der Waals surface area contributed by atoms with Gasteiger partial charge in [-0.25, -0.2) is 0 Å². The van der Waals surface area contributed by atoms with Gasteiger partial charge in [0.15, 0.2) is 6.10 Å². The summed E-state index contributed by atoms with van der Waals surface area (Å²) in [6.07, 6.45) is 93.5. The molecule has 0 aliphatic heterocycles. The van der Waals surface area contributed by atoms with E-state index < -0.39 is 6.10 Å². The van der Waals surface area contributed by atoms with Crippen molar-refractivity contribution in [1.29, 1.82) is 0 Å². The van der Waals surface area contributed by atoms with E-state index in [-0.39, 0.29) is 31.1 Å². The molecule has 1 atom stereocenters. The molecular weight excluding hydrogens is 985 g/mol. The third-order valence-electron chi connectivity index (χ3n) is 14.2. The van der Waals surface area contributed by atoms with Crippen molar-refractivity contribution in [3.8, 4) is 0 Å². The molecule has 0 fully saturated rings. The molecule has 6 nitrogen and oxygen atoms in total. The molecule has 0 heterocycles. The fourth-order valence-electron chi connectivity index (χ4n) is 9.20. The van der Waals surface area contributed by atoms with Crippen molar-refractivity contribution < 1.29 is 28.6 Å². The summed E-state index contributed by atoms with van der Waals surface area (Å²) in [7, 11) is 0. The second-order valence-electron chi connectivity index (χ2n) is 22.0. The summed E-state index contributed by atoms with van der Waals surface area (Å²) >= 11 is 0. The van der Waals surface area contributed by atoms with E-state index in [0.29, 0.717) is 25.7 Å². The van der Waals surface area contributed by atoms with Crippen molar-refractivity contribution in [3.63, 3.8) is 0 Å². The quantitative estimate of drug-likeness (QED) is 0.0261. The second kappa shape index (κ2) is 67.3. The molecule has 0 saturated heterocycles. The van der Waals surface area contributed by atoms with Gasteiger partial charge in [-0.2, -0.15) is 0 Å². The Balaban J connectivity index is 4.45. The van der Waals surface area contributed by atoms with E-state index in [9.17, 15) is 14.4 Å². The summed E-state index contributed by atoms with van der Waals surface area (Å²) in [4.78, 5) is 38.4. The number of esters is 3. The molecule has 0 amide bonds. The molecular formula is C74H124O6. The van der Waals surface area contributed by atoms with E-state index in [4.69, 9.17) is 14.2 Å². The lowest BCUT2D eigenvalue weighted by Crippen LogP contribution is -2.30. The van der Waals surface area contributed by atoms with Crippen LogP contribution in [0.1, 0.15) is 310 Å². The highest BCUT2D eigenvalue weighted by Crippen LogP contribution is 2.17. The van der Waals surface area contributed by atoms with Crippen molar-refractivity contribution in [2.45, 2.75) is 316 Å². The van der Waals surface area contributed by atoms with Gasteiger partial charge in [-0.05, 0) is 116 Å². The largest absolute Gasteiger partial charge is 0.462 e. The van der Waals surface area contributed by atoms with E-state index in [0.717, 1.165) is 128 Å². The Labute approximate surface area is 494 Å². The first kappa shape index (κ1) is 75.8. The highest BCUT2D eigenvalue weighted by atomic mass is 16.6. The van der Waals surface area contributed by atoms with Crippen molar-refractivity contribution in [2.24, 2.45) is 0 Å². The lowest BCUT2D eigenvalue weighted by Gasteiger charge is -2.18. The van der Waals surface area contributed by atoms with Gasteiger partial charge in [0.05, 0.1) is 0 Å². The molecule has 1 unspecified atom stereocenters. The Morgan fingerprint density at radius 3 is 0.812 bits per heavy atom. The molecule has 0 aliphatic carbocycles. The molecule has 0 radical (unpaired) electrons. The van der Waals surface area contributed by atoms with Crippen LogP contribution in [0, 0.1) is 0 Å². The summed E-state index contributed by atoms with van der Waals surface area (Å²) in [6.45, 7) is 6.48. The fraction of sp³-hybridized carbons (Fsp3) is 0.689. The van der Waals surface area contributed by atoms with Crippen LogP contribution < -0.4 is 0 Å². The van der Waals surface area contributed by atoms with Crippen molar-refractivity contribution in [2.75, 3.05) is 13.2 Å². The van der Waals surface area contributed by atoms with Crippen LogP contribution >= 0.6 is 0 Å². The first-order chi connectivity index (χ1) is 39.5. The van der Waals surface area contributed by atoms with Gasteiger partial charge >= 0.3 is 17.9 Å². The summed E-state index contributed by atoms with van der Waals surface area (Å²) in [5, 5.41) is 0. The van der Waals surface area contributed by atoms with Gasteiger partial charge in [0.2, 0.25) is 0 Å². The Hall–Kier alpha value is -4.19. The van der Waals surface area contributed by atoms with Crippen LogP contribution in [0.3, 0.4) is 0 Å². The number of unbranched alkanes of at least 4 members (excludes halogenated alkanes) is 29. The summed E-state index contributed by atoms with van der Waals surface area (Å²) < 4.78 is 16.9. The van der Waals surface area contributed by atoms with Crippen LogP contribution in [-0.4, -0.2) is 37.2 Å². The van der Waals surface area contributed by atoms with Gasteiger partial charge in [-0.1, -0.05) is 296 Å². The maximum absolute atomic E-state index is 12.9. The Morgan fingerprint density at radius 1 is 0.263 bits per heavy atom. The number of carbonyl (C=O) groups is 3. The van der Waals surface area contributed by atoms with Crippen LogP contribution in [0.4, 0.5) is 0 Å². The number of rotatable bonds is 60. The average molecular weight is 1110 g/mol. The topological polar surface area (TPSA) is 78.9 Å². The van der Waals surface area contributed by atoms with Crippen LogP contribution in [0.5, 0.6) is 0 Å². The minimum Gasteiger partial charge on any atom is -0.462 e. The van der Waals surface area contributed by atoms with E-state index in [2.05, 4.69) is 142 Å². The molecule has 0 aromatic rings. The van der Waals surface area contributed by atoms with Crippen molar-refractivity contribution in [3.05, 3.63) is 122 Å². The molecule has 0 N–H and O–H groups in total. The predicted molar refractivity (Wildman–Crippen MR) is 348 cm³/mol. The van der Waals surface area contributed by atoms with E-state index in [1.54, 1.807) is 0 Å². The monoisotopic (exact) mass is 1110 g/mol. The zero-order valence-electron chi connectivity index (χ0n) is 52.3. The highest BCUT2D eigenvalue weighted by Gasteiger charge is 2.19. The summed E-state index contributed by atoms with van der Waals surface area (Å²) in [5.74, 6) is -0.947. The molecule has 0 bridgehead atoms. The number of carbonyl (C=O) groups excluding carboxylic acids is 3. The molecule has 0 saturated carbocycles. The number of allylic oxidation sites excluding steroid dienone is 20. The van der Waals surface area contributed by atoms with Crippen LogP contribution in [0.25, 0.3) is 0 Å². The van der Waals surface area contributed by atoms with Gasteiger partial charge in [0.1, 0.15) is 13.2 Å². The SMILES string of the molecule is CC/C=C\C/C=C\C/C=C\C/C=C\C/C=C\C/C=C\C/C=C\C/C=C\CCCCC(=O)OCC(COC(=O)CCCCCCC/C=C\C/C=C\CCCCC)OC(=O)CCCCCCCCCCCCCCCCCCCCCC. The van der Waals surface area contributed by atoms with Gasteiger partial charge in [-0.3, -0.25) is 14.4 Å². The minimum absolute atomic E-state index is 0.0992. The van der Waals surface area contributed by atoms with Gasteiger partial charge < -0.3 is 14.2 Å². The highest BCUT2D eigenvalue weighted by molar-refractivity contribution is 5.71. The van der Waals surface area contributed by atoms with E-state index >= 15 is 0 Å². The number of hydrogen-bond acceptors (Lipinski definition) is 6. The molecule has 456 valence electrons. The van der Waals surface area contributed by atoms with Gasteiger partial charge in [0.25, 0.3) is 0 Å². The average Bonchev–Trinajstić information content (AvgIpc) is 3.46. The lowest BCUT2D eigenvalue weighted by molar-refractivity contribution is -0.167. The molecule has 0 aromatic heterocycles. The van der Waals surface area contributed by atoms with Crippen LogP contribution in [0.15, 0.2) is 122 Å². The predicted octanol–water partition coefficient (Wildman–Crippen LogP) is 23.2.